The number of H-pyrrole nitrogens is 1. The molecule has 5 rings (SSSR count). The minimum absolute atomic E-state index is 0.102. The maximum atomic E-state index is 14.8. The number of Topliss-reactive ketones (excluding diaryl/α,β-unsaturated/α-hetero) is 1. The van der Waals surface area contributed by atoms with Crippen LogP contribution in [0.15, 0.2) is 76.6 Å². The number of nitrogens with zero attached hydrogens (tertiary/aromatic N) is 2. The quantitative estimate of drug-likeness (QED) is 0.444. The first kappa shape index (κ1) is 26.3. The van der Waals surface area contributed by atoms with Crippen LogP contribution >= 0.6 is 0 Å². The summed E-state index contributed by atoms with van der Waals surface area (Å²) in [5, 5.41) is 3.94. The Kier molecular flexibility index (Phi) is 7.28. The summed E-state index contributed by atoms with van der Waals surface area (Å²) in [6, 6.07) is 11.5. The molecule has 2 aliphatic heterocycles. The van der Waals surface area contributed by atoms with E-state index in [1.807, 2.05) is 43.5 Å². The van der Waals surface area contributed by atoms with Gasteiger partial charge in [-0.25, -0.2) is 4.39 Å². The number of allylic oxidation sites excluding steroid dienone is 2. The number of fused-ring (bicyclic) bond motifs is 1. The minimum atomic E-state index is -0.719. The van der Waals surface area contributed by atoms with Gasteiger partial charge in [-0.15, -0.1) is 0 Å². The molecule has 200 valence electrons. The smallest absolute Gasteiger partial charge is 0.227 e. The Morgan fingerprint density at radius 2 is 1.92 bits per heavy atom. The molecule has 8 heteroatoms. The largest absolute Gasteiger partial charge is 0.361 e. The zero-order valence-electron chi connectivity index (χ0n) is 22.3. The minimum Gasteiger partial charge on any atom is -0.361 e. The SMILES string of the molecule is CC1=CCC(CN(C)C(=O)Cc2cc(C3NC(=O)CC(C)=C3C(=O)Cc3ccc4[nH]ccc4c3)ccc2F)=N1. The summed E-state index contributed by atoms with van der Waals surface area (Å²) < 4.78 is 14.8. The Morgan fingerprint density at radius 3 is 2.69 bits per heavy atom. The topological polar surface area (TPSA) is 94.6 Å². The summed E-state index contributed by atoms with van der Waals surface area (Å²) in [6.07, 6.45) is 4.72. The molecule has 0 spiro atoms. The van der Waals surface area contributed by atoms with Crippen LogP contribution in [0.4, 0.5) is 4.39 Å². The average molecular weight is 527 g/mol. The van der Waals surface area contributed by atoms with Crippen molar-refractivity contribution in [3.05, 3.63) is 94.1 Å². The number of halogens is 1. The number of likely N-dealkylation sites (N-methyl/N-ethyl adjacent to an activating group) is 1. The highest BCUT2D eigenvalue weighted by Gasteiger charge is 2.31. The monoisotopic (exact) mass is 526 g/mol. The molecule has 2 amide bonds. The van der Waals surface area contributed by atoms with E-state index in [0.717, 1.165) is 27.9 Å². The summed E-state index contributed by atoms with van der Waals surface area (Å²) >= 11 is 0. The van der Waals surface area contributed by atoms with Gasteiger partial charge in [0.1, 0.15) is 5.82 Å². The van der Waals surface area contributed by atoms with Crippen molar-refractivity contribution in [2.24, 2.45) is 4.99 Å². The lowest BCUT2D eigenvalue weighted by Crippen LogP contribution is -2.37. The van der Waals surface area contributed by atoms with Gasteiger partial charge in [-0.05, 0) is 66.3 Å². The van der Waals surface area contributed by atoms with Gasteiger partial charge in [0.2, 0.25) is 11.8 Å². The molecule has 0 aliphatic carbocycles. The second-order valence-electron chi connectivity index (χ2n) is 10.4. The van der Waals surface area contributed by atoms with Crippen molar-refractivity contribution >= 4 is 34.2 Å². The molecule has 2 aromatic carbocycles. The Balaban J connectivity index is 1.37. The van der Waals surface area contributed by atoms with Gasteiger partial charge in [-0.2, -0.15) is 0 Å². The summed E-state index contributed by atoms with van der Waals surface area (Å²) in [4.78, 5) is 48.1. The molecule has 1 atom stereocenters. The van der Waals surface area contributed by atoms with Crippen LogP contribution in [0.2, 0.25) is 0 Å². The number of carbonyl (C=O) groups excluding carboxylic acids is 3. The highest BCUT2D eigenvalue weighted by atomic mass is 19.1. The zero-order valence-corrected chi connectivity index (χ0v) is 22.3. The van der Waals surface area contributed by atoms with E-state index in [1.165, 1.54) is 6.07 Å². The molecule has 2 N–H and O–H groups in total. The lowest BCUT2D eigenvalue weighted by atomic mass is 9.85. The summed E-state index contributed by atoms with van der Waals surface area (Å²) in [5.41, 5.74) is 5.67. The van der Waals surface area contributed by atoms with Gasteiger partial charge in [0.15, 0.2) is 5.78 Å². The summed E-state index contributed by atoms with van der Waals surface area (Å²) in [7, 11) is 1.68. The van der Waals surface area contributed by atoms with Crippen molar-refractivity contribution in [1.82, 2.24) is 15.2 Å². The third-order valence-electron chi connectivity index (χ3n) is 7.32. The number of aromatic nitrogens is 1. The fourth-order valence-electron chi connectivity index (χ4n) is 5.28. The first-order valence-electron chi connectivity index (χ1n) is 13.0. The van der Waals surface area contributed by atoms with Gasteiger partial charge in [0, 0.05) is 55.0 Å². The van der Waals surface area contributed by atoms with Crippen molar-refractivity contribution in [1.29, 1.82) is 0 Å². The molecule has 0 saturated heterocycles. The van der Waals surface area contributed by atoms with Crippen LogP contribution < -0.4 is 5.32 Å². The number of rotatable bonds is 8. The van der Waals surface area contributed by atoms with Crippen molar-refractivity contribution in [3.63, 3.8) is 0 Å². The lowest BCUT2D eigenvalue weighted by molar-refractivity contribution is -0.128. The Hall–Kier alpha value is -4.33. The third kappa shape index (κ3) is 5.74. The van der Waals surface area contributed by atoms with Gasteiger partial charge in [-0.3, -0.25) is 19.4 Å². The van der Waals surface area contributed by atoms with E-state index in [4.69, 9.17) is 0 Å². The summed E-state index contributed by atoms with van der Waals surface area (Å²) in [5.74, 6) is -1.05. The van der Waals surface area contributed by atoms with Crippen LogP contribution in [0.5, 0.6) is 0 Å². The Bertz CT molecular complexity index is 1580. The number of ketones is 1. The highest BCUT2D eigenvalue weighted by Crippen LogP contribution is 2.32. The zero-order chi connectivity index (χ0) is 27.7. The van der Waals surface area contributed by atoms with Gasteiger partial charge >= 0.3 is 0 Å². The van der Waals surface area contributed by atoms with Gasteiger partial charge in [-0.1, -0.05) is 23.8 Å². The van der Waals surface area contributed by atoms with Crippen molar-refractivity contribution < 1.29 is 18.8 Å². The van der Waals surface area contributed by atoms with E-state index in [9.17, 15) is 18.8 Å². The maximum absolute atomic E-state index is 14.8. The Labute approximate surface area is 226 Å². The Morgan fingerprint density at radius 1 is 1.10 bits per heavy atom. The molecular formula is C31H31FN4O3. The highest BCUT2D eigenvalue weighted by molar-refractivity contribution is 6.02. The van der Waals surface area contributed by atoms with Crippen LogP contribution in [-0.2, 0) is 27.2 Å². The van der Waals surface area contributed by atoms with Gasteiger partial charge in [0.25, 0.3) is 0 Å². The number of aliphatic imine (C=N–C) groups is 1. The molecule has 3 aromatic rings. The molecule has 3 heterocycles. The predicted molar refractivity (Wildman–Crippen MR) is 149 cm³/mol. The van der Waals surface area contributed by atoms with E-state index in [1.54, 1.807) is 31.0 Å². The normalized spacial score (nSPS) is 17.2. The van der Waals surface area contributed by atoms with E-state index < -0.39 is 11.9 Å². The number of hydrogen-bond acceptors (Lipinski definition) is 4. The van der Waals surface area contributed by atoms with Crippen LogP contribution in [0.1, 0.15) is 49.4 Å². The fraction of sp³-hybridized carbons (Fsp3) is 0.290. The number of amides is 2. The molecule has 1 aromatic heterocycles. The first-order valence-corrected chi connectivity index (χ1v) is 13.0. The number of hydrogen-bond donors (Lipinski definition) is 2. The van der Waals surface area contributed by atoms with E-state index in [0.29, 0.717) is 29.7 Å². The molecule has 39 heavy (non-hydrogen) atoms. The molecule has 0 radical (unpaired) electrons. The van der Waals surface area contributed by atoms with Crippen LogP contribution in [-0.4, -0.2) is 46.8 Å². The lowest BCUT2D eigenvalue weighted by Gasteiger charge is -2.28. The second-order valence-corrected chi connectivity index (χ2v) is 10.4. The van der Waals surface area contributed by atoms with Crippen LogP contribution in [0, 0.1) is 5.82 Å². The number of benzene rings is 2. The number of nitrogens with one attached hydrogen (secondary N) is 2. The van der Waals surface area contributed by atoms with E-state index >= 15 is 0 Å². The van der Waals surface area contributed by atoms with Gasteiger partial charge < -0.3 is 15.2 Å². The molecular weight excluding hydrogens is 495 g/mol. The summed E-state index contributed by atoms with van der Waals surface area (Å²) in [6.45, 7) is 4.08. The van der Waals surface area contributed by atoms with E-state index in [-0.39, 0.29) is 42.4 Å². The van der Waals surface area contributed by atoms with Crippen molar-refractivity contribution in [2.45, 2.75) is 45.6 Å². The van der Waals surface area contributed by atoms with Crippen molar-refractivity contribution in [3.8, 4) is 0 Å². The molecule has 7 nitrogen and oxygen atoms in total. The fourth-order valence-corrected chi connectivity index (χ4v) is 5.28. The molecule has 0 bridgehead atoms. The van der Waals surface area contributed by atoms with Crippen molar-refractivity contribution in [2.75, 3.05) is 13.6 Å². The second kappa shape index (κ2) is 10.8. The molecule has 0 saturated carbocycles. The standard InChI is InChI=1S/C31H31FN4O3/c1-18-12-28(38)35-31(30(18)27(37)14-20-5-9-26-21(13-20)10-11-33-26)22-6-8-25(32)23(15-22)16-29(39)36(3)17-24-7-4-19(2)34-24/h4-6,8-11,13,15,31,33H,7,12,14,16-17H2,1-3H3,(H,35,38). The molecule has 0 fully saturated rings. The number of carbonyl (C=O) groups is 3. The first-order chi connectivity index (χ1) is 18.7. The average Bonchev–Trinajstić information content (AvgIpc) is 3.52. The third-order valence-corrected chi connectivity index (χ3v) is 7.32. The van der Waals surface area contributed by atoms with E-state index in [2.05, 4.69) is 15.3 Å². The number of aromatic amines is 1. The van der Waals surface area contributed by atoms with Gasteiger partial charge in [0.05, 0.1) is 19.0 Å². The predicted octanol–water partition coefficient (Wildman–Crippen LogP) is 4.75. The molecule has 1 unspecified atom stereocenters. The maximum Gasteiger partial charge on any atom is 0.227 e. The molecule has 2 aliphatic rings. The van der Waals surface area contributed by atoms with Crippen LogP contribution in [0.3, 0.4) is 0 Å². The van der Waals surface area contributed by atoms with Crippen LogP contribution in [0.25, 0.3) is 10.9 Å².